The number of aromatic amines is 1. The summed E-state index contributed by atoms with van der Waals surface area (Å²) in [6.07, 6.45) is 2.37. The molecule has 0 unspecified atom stereocenters. The molecule has 24 heavy (non-hydrogen) atoms. The lowest BCUT2D eigenvalue weighted by Crippen LogP contribution is -1.96. The first-order chi connectivity index (χ1) is 11.6. The summed E-state index contributed by atoms with van der Waals surface area (Å²) in [5.41, 5.74) is 2.13. The summed E-state index contributed by atoms with van der Waals surface area (Å²) in [6, 6.07) is 8.00. The smallest absolute Gasteiger partial charge is 0.216 e. The molecule has 2 aromatic heterocycles. The Balaban J connectivity index is 1.84. The van der Waals surface area contributed by atoms with Crippen LogP contribution in [0.2, 0.25) is 5.15 Å². The Morgan fingerprint density at radius 2 is 2.25 bits per heavy atom. The van der Waals surface area contributed by atoms with E-state index < -0.39 is 0 Å². The van der Waals surface area contributed by atoms with Gasteiger partial charge in [0.2, 0.25) is 4.77 Å². The summed E-state index contributed by atoms with van der Waals surface area (Å²) in [5.74, 6) is 0.759. The van der Waals surface area contributed by atoms with E-state index in [0.717, 1.165) is 28.4 Å². The van der Waals surface area contributed by atoms with Gasteiger partial charge in [-0.2, -0.15) is 14.9 Å². The van der Waals surface area contributed by atoms with E-state index in [9.17, 15) is 0 Å². The molecule has 0 spiro atoms. The molecule has 3 aromatic rings. The normalized spacial score (nSPS) is 11.3. The van der Waals surface area contributed by atoms with E-state index in [-0.39, 0.29) is 0 Å². The fraction of sp³-hybridized carbons (Fsp3) is 0.200. The second-order valence-electron chi connectivity index (χ2n) is 4.97. The molecular formula is C15H15ClN6S2. The van der Waals surface area contributed by atoms with Crippen molar-refractivity contribution in [1.29, 1.82) is 0 Å². The number of benzene rings is 1. The minimum Gasteiger partial charge on any atom is -0.331 e. The molecule has 0 aliphatic carbocycles. The summed E-state index contributed by atoms with van der Waals surface area (Å²) in [4.78, 5) is 5.08. The molecule has 0 fully saturated rings. The van der Waals surface area contributed by atoms with Gasteiger partial charge in [0.05, 0.1) is 11.1 Å². The van der Waals surface area contributed by atoms with Gasteiger partial charge in [-0.25, -0.2) is 4.98 Å². The minimum atomic E-state index is 0.396. The van der Waals surface area contributed by atoms with Crippen molar-refractivity contribution in [3.8, 4) is 0 Å². The van der Waals surface area contributed by atoms with E-state index in [4.69, 9.17) is 23.8 Å². The molecule has 6 nitrogen and oxygen atoms in total. The molecule has 0 saturated carbocycles. The summed E-state index contributed by atoms with van der Waals surface area (Å²) in [5, 5.41) is 15.6. The minimum absolute atomic E-state index is 0.396. The van der Waals surface area contributed by atoms with Crippen molar-refractivity contribution in [2.45, 2.75) is 20.3 Å². The molecule has 0 bridgehead atoms. The zero-order valence-corrected chi connectivity index (χ0v) is 15.5. The molecule has 2 N–H and O–H groups in total. The Hall–Kier alpha value is -2.03. The van der Waals surface area contributed by atoms with Crippen LogP contribution in [-0.2, 0) is 6.42 Å². The number of aryl methyl sites for hydroxylation is 2. The van der Waals surface area contributed by atoms with Gasteiger partial charge in [0.25, 0.3) is 0 Å². The van der Waals surface area contributed by atoms with E-state index in [0.29, 0.717) is 15.1 Å². The zero-order valence-electron chi connectivity index (χ0n) is 13.1. The highest BCUT2D eigenvalue weighted by molar-refractivity contribution is 7.71. The topological polar surface area (TPSA) is 70.9 Å². The van der Waals surface area contributed by atoms with E-state index in [2.05, 4.69) is 25.6 Å². The third-order valence-corrected chi connectivity index (χ3v) is 4.89. The largest absolute Gasteiger partial charge is 0.331 e. The summed E-state index contributed by atoms with van der Waals surface area (Å²) in [7, 11) is 0. The van der Waals surface area contributed by atoms with Gasteiger partial charge in [0.15, 0.2) is 16.1 Å². The van der Waals surface area contributed by atoms with Crippen LogP contribution >= 0.6 is 35.2 Å². The highest BCUT2D eigenvalue weighted by Crippen LogP contribution is 2.29. The lowest BCUT2D eigenvalue weighted by molar-refractivity contribution is 0.780. The lowest BCUT2D eigenvalue weighted by atomic mass is 10.2. The van der Waals surface area contributed by atoms with Gasteiger partial charge in [0, 0.05) is 12.1 Å². The predicted molar refractivity (Wildman–Crippen MR) is 101 cm³/mol. The number of H-pyrrole nitrogens is 1. The molecule has 0 atom stereocenters. The van der Waals surface area contributed by atoms with Crippen molar-refractivity contribution in [3.63, 3.8) is 0 Å². The number of hydrogen-bond donors (Lipinski definition) is 2. The number of nitrogens with one attached hydrogen (secondary N) is 2. The Morgan fingerprint density at radius 1 is 1.46 bits per heavy atom. The molecule has 0 radical (unpaired) electrons. The van der Waals surface area contributed by atoms with Crippen molar-refractivity contribution < 1.29 is 0 Å². The fourth-order valence-electron chi connectivity index (χ4n) is 2.06. The van der Waals surface area contributed by atoms with Crippen LogP contribution in [0.3, 0.4) is 0 Å². The molecule has 0 aliphatic heterocycles. The molecule has 0 amide bonds. The van der Waals surface area contributed by atoms with Crippen molar-refractivity contribution >= 4 is 52.2 Å². The first-order valence-electron chi connectivity index (χ1n) is 7.28. The number of aromatic nitrogens is 4. The van der Waals surface area contributed by atoms with Gasteiger partial charge in [-0.05, 0) is 30.8 Å². The van der Waals surface area contributed by atoms with Crippen LogP contribution in [0.25, 0.3) is 0 Å². The van der Waals surface area contributed by atoms with Crippen LogP contribution in [0.15, 0.2) is 29.4 Å². The zero-order chi connectivity index (χ0) is 17.1. The predicted octanol–water partition coefficient (Wildman–Crippen LogP) is 4.55. The second kappa shape index (κ2) is 7.25. The SMILES string of the molecule is CCc1n[nH]c(=S)n1/N=C/c1sc(Nc2ccccc2C)nc1Cl. The third kappa shape index (κ3) is 3.55. The average molecular weight is 379 g/mol. The number of rotatable bonds is 5. The Kier molecular flexibility index (Phi) is 5.08. The first-order valence-corrected chi connectivity index (χ1v) is 8.88. The average Bonchev–Trinajstić information content (AvgIpc) is 3.10. The van der Waals surface area contributed by atoms with Crippen molar-refractivity contribution in [2.75, 3.05) is 5.32 Å². The van der Waals surface area contributed by atoms with Crippen LogP contribution in [0, 0.1) is 11.7 Å². The van der Waals surface area contributed by atoms with Gasteiger partial charge >= 0.3 is 0 Å². The van der Waals surface area contributed by atoms with Gasteiger partial charge in [0.1, 0.15) is 0 Å². The molecule has 9 heteroatoms. The lowest BCUT2D eigenvalue weighted by Gasteiger charge is -2.05. The molecule has 124 valence electrons. The summed E-state index contributed by atoms with van der Waals surface area (Å²) < 4.78 is 2.03. The van der Waals surface area contributed by atoms with Gasteiger partial charge < -0.3 is 5.32 Å². The number of halogens is 1. The maximum Gasteiger partial charge on any atom is 0.216 e. The number of anilines is 2. The maximum absolute atomic E-state index is 6.21. The van der Waals surface area contributed by atoms with E-state index >= 15 is 0 Å². The van der Waals surface area contributed by atoms with Gasteiger partial charge in [-0.15, -0.1) is 0 Å². The molecule has 2 heterocycles. The van der Waals surface area contributed by atoms with E-state index in [1.54, 1.807) is 10.9 Å². The second-order valence-corrected chi connectivity index (χ2v) is 6.74. The number of hydrogen-bond acceptors (Lipinski definition) is 6. The van der Waals surface area contributed by atoms with Gasteiger partial charge in [-0.3, -0.25) is 5.10 Å². The van der Waals surface area contributed by atoms with Crippen LogP contribution in [-0.4, -0.2) is 26.1 Å². The fourth-order valence-corrected chi connectivity index (χ4v) is 3.29. The molecular weight excluding hydrogens is 364 g/mol. The summed E-state index contributed by atoms with van der Waals surface area (Å²) in [6.45, 7) is 4.02. The third-order valence-electron chi connectivity index (χ3n) is 3.32. The van der Waals surface area contributed by atoms with Crippen molar-refractivity contribution in [1.82, 2.24) is 19.9 Å². The van der Waals surface area contributed by atoms with Crippen LogP contribution in [0.1, 0.15) is 23.2 Å². The van der Waals surface area contributed by atoms with E-state index in [1.807, 2.05) is 38.1 Å². The molecule has 3 rings (SSSR count). The van der Waals surface area contributed by atoms with Crippen LogP contribution in [0.5, 0.6) is 0 Å². The van der Waals surface area contributed by atoms with Crippen LogP contribution < -0.4 is 5.32 Å². The van der Waals surface area contributed by atoms with E-state index in [1.165, 1.54) is 11.3 Å². The molecule has 1 aromatic carbocycles. The number of nitrogens with zero attached hydrogens (tertiary/aromatic N) is 4. The standard InChI is InChI=1S/C15H15ClN6S2/c1-3-12-20-21-15(23)22(12)17-8-11-13(16)19-14(24-11)18-10-7-5-4-6-9(10)2/h4-8H,3H2,1-2H3,(H,18,19)(H,21,23)/b17-8+. The quantitative estimate of drug-likeness (QED) is 0.504. The molecule has 0 aliphatic rings. The highest BCUT2D eigenvalue weighted by Gasteiger charge is 2.09. The molecule has 0 saturated heterocycles. The van der Waals surface area contributed by atoms with Crippen molar-refractivity contribution in [2.24, 2.45) is 5.10 Å². The Bertz CT molecular complexity index is 940. The Labute approximate surface area is 153 Å². The monoisotopic (exact) mass is 378 g/mol. The van der Waals surface area contributed by atoms with Crippen LogP contribution in [0.4, 0.5) is 10.8 Å². The highest BCUT2D eigenvalue weighted by atomic mass is 35.5. The maximum atomic E-state index is 6.21. The number of para-hydroxylation sites is 1. The van der Waals surface area contributed by atoms with Gasteiger partial charge in [-0.1, -0.05) is 48.1 Å². The Morgan fingerprint density at radius 3 is 3.00 bits per heavy atom. The van der Waals surface area contributed by atoms with Crippen molar-refractivity contribution in [3.05, 3.63) is 50.5 Å². The summed E-state index contributed by atoms with van der Waals surface area (Å²) >= 11 is 12.8. The number of thiazole rings is 1. The first kappa shape index (κ1) is 16.8.